The van der Waals surface area contributed by atoms with Crippen LogP contribution in [0.5, 0.6) is 0 Å². The Morgan fingerprint density at radius 3 is 2.89 bits per heavy atom. The van der Waals surface area contributed by atoms with Crippen molar-refractivity contribution in [2.45, 2.75) is 39.2 Å². The van der Waals surface area contributed by atoms with E-state index in [9.17, 15) is 4.79 Å². The molecule has 4 nitrogen and oxygen atoms in total. The molecule has 0 saturated heterocycles. The average Bonchev–Trinajstić information content (AvgIpc) is 3.08. The van der Waals surface area contributed by atoms with Crippen LogP contribution in [0, 0.1) is 6.92 Å². The second kappa shape index (κ2) is 9.72. The van der Waals surface area contributed by atoms with E-state index in [1.165, 1.54) is 22.9 Å². The van der Waals surface area contributed by atoms with Crippen LogP contribution in [0.4, 0.5) is 0 Å². The number of nitrogens with one attached hydrogen (secondary N) is 1. The van der Waals surface area contributed by atoms with Crippen LogP contribution >= 0.6 is 0 Å². The minimum atomic E-state index is -0.0482. The molecule has 3 rings (SSSR count). The van der Waals surface area contributed by atoms with Crippen LogP contribution in [0.3, 0.4) is 0 Å². The normalized spacial score (nSPS) is 11.3. The molecule has 0 atom stereocenters. The first-order chi connectivity index (χ1) is 13.2. The highest BCUT2D eigenvalue weighted by Gasteiger charge is 2.01. The number of aromatic nitrogens is 2. The van der Waals surface area contributed by atoms with Gasteiger partial charge in [0.2, 0.25) is 5.91 Å². The van der Waals surface area contributed by atoms with Crippen molar-refractivity contribution >= 4 is 22.9 Å². The van der Waals surface area contributed by atoms with Gasteiger partial charge in [-0.05, 0) is 61.1 Å². The van der Waals surface area contributed by atoms with Gasteiger partial charge in [-0.1, -0.05) is 30.5 Å². The third-order valence-electron chi connectivity index (χ3n) is 4.66. The first-order valence-corrected chi connectivity index (χ1v) is 9.64. The zero-order valence-corrected chi connectivity index (χ0v) is 15.9. The van der Waals surface area contributed by atoms with E-state index < -0.39 is 0 Å². The Kier molecular flexibility index (Phi) is 6.80. The van der Waals surface area contributed by atoms with Gasteiger partial charge in [0.25, 0.3) is 0 Å². The van der Waals surface area contributed by atoms with Crippen LogP contribution < -0.4 is 5.32 Å². The fraction of sp³-hybridized carbons (Fsp3) is 0.304. The summed E-state index contributed by atoms with van der Waals surface area (Å²) >= 11 is 0. The molecular weight excluding hydrogens is 334 g/mol. The van der Waals surface area contributed by atoms with Crippen molar-refractivity contribution in [1.82, 2.24) is 14.9 Å². The molecule has 3 aromatic rings. The van der Waals surface area contributed by atoms with Gasteiger partial charge in [0.05, 0.1) is 0 Å². The van der Waals surface area contributed by atoms with E-state index in [-0.39, 0.29) is 5.91 Å². The van der Waals surface area contributed by atoms with Crippen LogP contribution in [-0.2, 0) is 11.3 Å². The van der Waals surface area contributed by atoms with Gasteiger partial charge in [-0.2, -0.15) is 0 Å². The highest BCUT2D eigenvalue weighted by atomic mass is 16.1. The minimum absolute atomic E-state index is 0.0482. The fourth-order valence-electron chi connectivity index (χ4n) is 3.19. The van der Waals surface area contributed by atoms with Crippen LogP contribution in [0.15, 0.2) is 61.1 Å². The van der Waals surface area contributed by atoms with Crippen molar-refractivity contribution in [3.8, 4) is 0 Å². The van der Waals surface area contributed by atoms with Crippen LogP contribution in [0.25, 0.3) is 17.0 Å². The third kappa shape index (κ3) is 5.81. The quantitative estimate of drug-likeness (QED) is 0.442. The summed E-state index contributed by atoms with van der Waals surface area (Å²) in [7, 11) is 0. The number of carbonyl (C=O) groups is 1. The first kappa shape index (κ1) is 18.9. The van der Waals surface area contributed by atoms with E-state index in [0.29, 0.717) is 0 Å². The maximum atomic E-state index is 11.8. The Balaban J connectivity index is 1.29. The molecule has 4 heteroatoms. The lowest BCUT2D eigenvalue weighted by Gasteiger charge is -2.06. The molecule has 2 heterocycles. The van der Waals surface area contributed by atoms with Crippen molar-refractivity contribution in [2.75, 3.05) is 6.54 Å². The van der Waals surface area contributed by atoms with Crippen molar-refractivity contribution in [3.05, 3.63) is 72.2 Å². The number of nitrogens with zero attached hydrogens (tertiary/aromatic N) is 2. The predicted octanol–water partition coefficient (Wildman–Crippen LogP) is 4.73. The monoisotopic (exact) mass is 361 g/mol. The van der Waals surface area contributed by atoms with E-state index in [1.807, 2.05) is 12.1 Å². The van der Waals surface area contributed by atoms with Crippen LogP contribution in [0.1, 0.15) is 36.8 Å². The Morgan fingerprint density at radius 1 is 1.15 bits per heavy atom. The van der Waals surface area contributed by atoms with E-state index in [2.05, 4.69) is 52.3 Å². The number of carbonyl (C=O) groups excluding carboxylic acids is 1. The van der Waals surface area contributed by atoms with E-state index in [4.69, 9.17) is 0 Å². The molecule has 0 aliphatic heterocycles. The van der Waals surface area contributed by atoms with Crippen molar-refractivity contribution < 1.29 is 4.79 Å². The van der Waals surface area contributed by atoms with E-state index >= 15 is 0 Å². The maximum absolute atomic E-state index is 11.8. The molecule has 0 aliphatic rings. The number of rotatable bonds is 9. The Labute approximate surface area is 160 Å². The summed E-state index contributed by atoms with van der Waals surface area (Å²) in [5, 5.41) is 4.25. The molecule has 0 fully saturated rings. The summed E-state index contributed by atoms with van der Waals surface area (Å²) in [4.78, 5) is 15.8. The largest absolute Gasteiger partial charge is 0.353 e. The summed E-state index contributed by atoms with van der Waals surface area (Å²) < 4.78 is 2.33. The zero-order valence-electron chi connectivity index (χ0n) is 15.9. The minimum Gasteiger partial charge on any atom is -0.353 e. The lowest BCUT2D eigenvalue weighted by atomic mass is 10.1. The molecule has 0 aliphatic carbocycles. The fourth-order valence-corrected chi connectivity index (χ4v) is 3.19. The topological polar surface area (TPSA) is 46.9 Å². The summed E-state index contributed by atoms with van der Waals surface area (Å²) in [6.45, 7) is 3.90. The smallest absolute Gasteiger partial charge is 0.243 e. The molecule has 1 amide bonds. The molecule has 0 bridgehead atoms. The van der Waals surface area contributed by atoms with Gasteiger partial charge in [0.15, 0.2) is 0 Å². The molecule has 1 N–H and O–H groups in total. The Morgan fingerprint density at radius 2 is 2.04 bits per heavy atom. The van der Waals surface area contributed by atoms with Gasteiger partial charge in [-0.15, -0.1) is 0 Å². The van der Waals surface area contributed by atoms with Crippen molar-refractivity contribution in [1.29, 1.82) is 0 Å². The van der Waals surface area contributed by atoms with Crippen molar-refractivity contribution in [3.63, 3.8) is 0 Å². The zero-order chi connectivity index (χ0) is 18.9. The number of hydrogen-bond donors (Lipinski definition) is 1. The number of pyridine rings is 1. The van der Waals surface area contributed by atoms with Gasteiger partial charge in [0, 0.05) is 43.3 Å². The Hall–Kier alpha value is -2.88. The molecule has 0 saturated carbocycles. The highest BCUT2D eigenvalue weighted by Crippen LogP contribution is 2.18. The number of fused-ring (bicyclic) bond motifs is 1. The molecule has 0 radical (unpaired) electrons. The first-order valence-electron chi connectivity index (χ1n) is 9.64. The van der Waals surface area contributed by atoms with Gasteiger partial charge in [0.1, 0.15) is 0 Å². The number of aryl methyl sites for hydroxylation is 2. The van der Waals surface area contributed by atoms with Crippen molar-refractivity contribution in [2.24, 2.45) is 0 Å². The van der Waals surface area contributed by atoms with Crippen LogP contribution in [-0.4, -0.2) is 22.0 Å². The van der Waals surface area contributed by atoms with E-state index in [0.717, 1.165) is 37.9 Å². The molecule has 0 unspecified atom stereocenters. The third-order valence-corrected chi connectivity index (χ3v) is 4.66. The number of hydrogen-bond acceptors (Lipinski definition) is 2. The average molecular weight is 361 g/mol. The van der Waals surface area contributed by atoms with Gasteiger partial charge >= 0.3 is 0 Å². The second-order valence-corrected chi connectivity index (χ2v) is 6.90. The number of benzene rings is 1. The standard InChI is InChI=1S/C23H27N3O/c1-19-8-10-22-21(17-19)12-16-26(22)15-5-3-2-4-14-25-23(27)11-9-20-7-6-13-24-18-20/h6-13,16-18H,2-5,14-15H2,1H3,(H,25,27)/b11-9+. The van der Waals surface area contributed by atoms with E-state index in [1.54, 1.807) is 24.5 Å². The molecule has 1 aromatic carbocycles. The highest BCUT2D eigenvalue weighted by molar-refractivity contribution is 5.91. The SMILES string of the molecule is Cc1ccc2c(ccn2CCCCCCNC(=O)/C=C/c2cccnc2)c1. The van der Waals surface area contributed by atoms with Gasteiger partial charge in [-0.25, -0.2) is 0 Å². The summed E-state index contributed by atoms with van der Waals surface area (Å²) in [6, 6.07) is 12.6. The molecular formula is C23H27N3O. The van der Waals surface area contributed by atoms with Gasteiger partial charge < -0.3 is 9.88 Å². The lowest BCUT2D eigenvalue weighted by molar-refractivity contribution is -0.116. The van der Waals surface area contributed by atoms with Gasteiger partial charge in [-0.3, -0.25) is 9.78 Å². The predicted molar refractivity (Wildman–Crippen MR) is 111 cm³/mol. The molecule has 2 aromatic heterocycles. The lowest BCUT2D eigenvalue weighted by Crippen LogP contribution is -2.21. The maximum Gasteiger partial charge on any atom is 0.243 e. The molecule has 140 valence electrons. The second-order valence-electron chi connectivity index (χ2n) is 6.90. The molecule has 27 heavy (non-hydrogen) atoms. The number of amides is 1. The van der Waals surface area contributed by atoms with Crippen LogP contribution in [0.2, 0.25) is 0 Å². The Bertz CT molecular complexity index is 896. The molecule has 0 spiro atoms. The summed E-state index contributed by atoms with van der Waals surface area (Å²) in [5.74, 6) is -0.0482. The summed E-state index contributed by atoms with van der Waals surface area (Å²) in [6.07, 6.45) is 13.5. The number of unbranched alkanes of at least 4 members (excludes halogenated alkanes) is 3. The summed E-state index contributed by atoms with van der Waals surface area (Å²) in [5.41, 5.74) is 3.55.